The second-order valence-corrected chi connectivity index (χ2v) is 9.41. The summed E-state index contributed by atoms with van der Waals surface area (Å²) in [7, 11) is 0. The Bertz CT molecular complexity index is 1430. The average Bonchev–Trinajstić information content (AvgIpc) is 3.69. The van der Waals surface area contributed by atoms with E-state index in [9.17, 15) is 14.4 Å². The molecule has 0 saturated heterocycles. The highest BCUT2D eigenvalue weighted by Gasteiger charge is 2.26. The molecule has 5 rings (SSSR count). The number of hydrogen-bond donors (Lipinski definition) is 2. The molecule has 1 unspecified atom stereocenters. The third-order valence-corrected chi connectivity index (χ3v) is 6.68. The molecule has 1 atom stereocenters. The smallest absolute Gasteiger partial charge is 0.310 e. The zero-order valence-electron chi connectivity index (χ0n) is 21.3. The van der Waals surface area contributed by atoms with Crippen molar-refractivity contribution < 1.29 is 19.2 Å². The first-order valence-electron chi connectivity index (χ1n) is 13.0. The van der Waals surface area contributed by atoms with Gasteiger partial charge >= 0.3 is 5.91 Å². The van der Waals surface area contributed by atoms with Crippen LogP contribution in [-0.2, 0) is 14.4 Å². The van der Waals surface area contributed by atoms with Gasteiger partial charge in [0.15, 0.2) is 5.82 Å². The largest absolute Gasteiger partial charge is 0.345 e. The minimum Gasteiger partial charge on any atom is -0.345 e. The van der Waals surface area contributed by atoms with Gasteiger partial charge in [-0.15, -0.1) is 0 Å². The number of Topliss-reactive ketones (excluding diaryl/α,β-unsaturated/α-hetero) is 1. The number of carbonyl (C=O) groups excluding carboxylic acids is 3. The van der Waals surface area contributed by atoms with E-state index in [1.807, 2.05) is 54.6 Å². The molecule has 9 heteroatoms. The number of pyridine rings is 1. The normalized spacial score (nSPS) is 14.1. The third kappa shape index (κ3) is 6.45. The predicted octanol–water partition coefficient (Wildman–Crippen LogP) is 4.36. The van der Waals surface area contributed by atoms with Crippen LogP contribution < -0.4 is 10.8 Å². The standard InChI is InChI=1S/C30H29N5O4/c36-27(30(38)34-39-23-14-7-8-15-23)20-26(22-12-5-2-6-13-22)32-29(37)24-16-9-18-31-28(24)35-19-17-25(33-35)21-10-3-1-4-11-21/h1-6,9-13,16-19,23,26H,7-8,14-15,20H2,(H,32,37)(H,34,38). The molecule has 198 valence electrons. The topological polar surface area (TPSA) is 115 Å². The Balaban J connectivity index is 1.33. The van der Waals surface area contributed by atoms with Crippen molar-refractivity contribution in [3.8, 4) is 17.1 Å². The number of carbonyl (C=O) groups is 3. The van der Waals surface area contributed by atoms with Crippen LogP contribution in [0.4, 0.5) is 0 Å². The number of nitrogens with one attached hydrogen (secondary N) is 2. The minimum atomic E-state index is -0.830. The molecular formula is C30H29N5O4. The summed E-state index contributed by atoms with van der Waals surface area (Å²) in [6.07, 6.45) is 6.82. The zero-order chi connectivity index (χ0) is 27.0. The molecule has 0 spiro atoms. The molecule has 1 saturated carbocycles. The SMILES string of the molecule is O=C(CC(NC(=O)c1cccnc1-n1ccc(-c2ccccc2)n1)c1ccccc1)C(=O)NOC1CCCC1. The summed E-state index contributed by atoms with van der Waals surface area (Å²) in [5.74, 6) is -1.62. The van der Waals surface area contributed by atoms with E-state index in [0.717, 1.165) is 36.9 Å². The first-order chi connectivity index (χ1) is 19.1. The molecule has 2 heterocycles. The Kier molecular flexibility index (Phi) is 8.18. The van der Waals surface area contributed by atoms with Crippen LogP contribution in [-0.4, -0.2) is 38.5 Å². The number of hydroxylamine groups is 1. The van der Waals surface area contributed by atoms with Crippen molar-refractivity contribution in [2.24, 2.45) is 0 Å². The van der Waals surface area contributed by atoms with Gasteiger partial charge in [-0.2, -0.15) is 5.10 Å². The second kappa shape index (κ2) is 12.3. The van der Waals surface area contributed by atoms with Gasteiger partial charge in [-0.25, -0.2) is 15.1 Å². The molecule has 2 N–H and O–H groups in total. The molecular weight excluding hydrogens is 494 g/mol. The lowest BCUT2D eigenvalue weighted by molar-refractivity contribution is -0.149. The van der Waals surface area contributed by atoms with Gasteiger partial charge in [-0.05, 0) is 36.6 Å². The fourth-order valence-corrected chi connectivity index (χ4v) is 4.61. The fraction of sp³-hybridized carbons (Fsp3) is 0.233. The molecule has 2 aromatic carbocycles. The number of aromatic nitrogens is 3. The number of rotatable bonds is 10. The van der Waals surface area contributed by atoms with Crippen molar-refractivity contribution in [2.75, 3.05) is 0 Å². The summed E-state index contributed by atoms with van der Waals surface area (Å²) >= 11 is 0. The predicted molar refractivity (Wildman–Crippen MR) is 145 cm³/mol. The van der Waals surface area contributed by atoms with E-state index in [-0.39, 0.29) is 18.1 Å². The van der Waals surface area contributed by atoms with Gasteiger partial charge in [0.05, 0.1) is 23.4 Å². The van der Waals surface area contributed by atoms with Crippen molar-refractivity contribution in [3.05, 3.63) is 102 Å². The summed E-state index contributed by atoms with van der Waals surface area (Å²) in [4.78, 5) is 48.6. The highest BCUT2D eigenvalue weighted by atomic mass is 16.7. The van der Waals surface area contributed by atoms with Gasteiger partial charge in [-0.3, -0.25) is 19.2 Å². The Hall–Kier alpha value is -4.63. The maximum atomic E-state index is 13.5. The molecule has 0 aliphatic heterocycles. The van der Waals surface area contributed by atoms with E-state index >= 15 is 0 Å². The van der Waals surface area contributed by atoms with Crippen LogP contribution in [0.15, 0.2) is 91.3 Å². The molecule has 9 nitrogen and oxygen atoms in total. The lowest BCUT2D eigenvalue weighted by atomic mass is 10.0. The summed E-state index contributed by atoms with van der Waals surface area (Å²) in [5, 5.41) is 7.53. The monoisotopic (exact) mass is 523 g/mol. The first kappa shape index (κ1) is 26.0. The Morgan fingerprint density at radius 3 is 2.38 bits per heavy atom. The van der Waals surface area contributed by atoms with Crippen molar-refractivity contribution >= 4 is 17.6 Å². The summed E-state index contributed by atoms with van der Waals surface area (Å²) < 4.78 is 1.55. The fourth-order valence-electron chi connectivity index (χ4n) is 4.61. The third-order valence-electron chi connectivity index (χ3n) is 6.68. The van der Waals surface area contributed by atoms with Gasteiger partial charge in [0.2, 0.25) is 5.78 Å². The van der Waals surface area contributed by atoms with Gasteiger partial charge in [0, 0.05) is 24.4 Å². The molecule has 0 bridgehead atoms. The Morgan fingerprint density at radius 2 is 1.64 bits per heavy atom. The summed E-state index contributed by atoms with van der Waals surface area (Å²) in [6.45, 7) is 0. The highest BCUT2D eigenvalue weighted by Crippen LogP contribution is 2.22. The van der Waals surface area contributed by atoms with E-state index in [1.165, 1.54) is 0 Å². The first-order valence-corrected chi connectivity index (χ1v) is 13.0. The van der Waals surface area contributed by atoms with Crippen LogP contribution >= 0.6 is 0 Å². The average molecular weight is 524 g/mol. The van der Waals surface area contributed by atoms with Crippen LogP contribution in [0.2, 0.25) is 0 Å². The van der Waals surface area contributed by atoms with Crippen LogP contribution in [0.25, 0.3) is 17.1 Å². The molecule has 4 aromatic rings. The molecule has 2 amide bonds. The van der Waals surface area contributed by atoms with Gasteiger partial charge < -0.3 is 5.32 Å². The van der Waals surface area contributed by atoms with Crippen LogP contribution in [0.5, 0.6) is 0 Å². The highest BCUT2D eigenvalue weighted by molar-refractivity contribution is 6.36. The van der Waals surface area contributed by atoms with E-state index in [2.05, 4.69) is 20.9 Å². The Morgan fingerprint density at radius 1 is 0.923 bits per heavy atom. The summed E-state index contributed by atoms with van der Waals surface area (Å²) in [6, 6.07) is 23.2. The van der Waals surface area contributed by atoms with Crippen molar-refractivity contribution in [1.82, 2.24) is 25.6 Å². The number of amides is 2. The zero-order valence-corrected chi connectivity index (χ0v) is 21.3. The van der Waals surface area contributed by atoms with E-state index in [1.54, 1.807) is 41.3 Å². The van der Waals surface area contributed by atoms with Crippen LogP contribution in [0.3, 0.4) is 0 Å². The molecule has 0 radical (unpaired) electrons. The quantitative estimate of drug-likeness (QED) is 0.236. The second-order valence-electron chi connectivity index (χ2n) is 9.41. The molecule has 1 aliphatic rings. The maximum absolute atomic E-state index is 13.5. The van der Waals surface area contributed by atoms with Gasteiger partial charge in [0.1, 0.15) is 0 Å². The number of benzene rings is 2. The van der Waals surface area contributed by atoms with Gasteiger partial charge in [0.25, 0.3) is 5.91 Å². The van der Waals surface area contributed by atoms with E-state index < -0.39 is 23.6 Å². The van der Waals surface area contributed by atoms with E-state index in [4.69, 9.17) is 4.84 Å². The maximum Gasteiger partial charge on any atom is 0.310 e. The van der Waals surface area contributed by atoms with Crippen molar-refractivity contribution in [3.63, 3.8) is 0 Å². The Labute approximate surface area is 226 Å². The number of hydrogen-bond acceptors (Lipinski definition) is 6. The van der Waals surface area contributed by atoms with Crippen LogP contribution in [0, 0.1) is 0 Å². The lowest BCUT2D eigenvalue weighted by Gasteiger charge is -2.19. The minimum absolute atomic E-state index is 0.0694. The summed E-state index contributed by atoms with van der Waals surface area (Å²) in [5.41, 5.74) is 4.95. The van der Waals surface area contributed by atoms with E-state index in [0.29, 0.717) is 11.4 Å². The van der Waals surface area contributed by atoms with Gasteiger partial charge in [-0.1, -0.05) is 73.5 Å². The van der Waals surface area contributed by atoms with Crippen molar-refractivity contribution in [1.29, 1.82) is 0 Å². The molecule has 2 aromatic heterocycles. The molecule has 39 heavy (non-hydrogen) atoms. The van der Waals surface area contributed by atoms with Crippen LogP contribution in [0.1, 0.15) is 54.1 Å². The number of ketones is 1. The van der Waals surface area contributed by atoms with Crippen molar-refractivity contribution in [2.45, 2.75) is 44.2 Å². The number of nitrogens with zero attached hydrogens (tertiary/aromatic N) is 3. The molecule has 1 aliphatic carbocycles. The lowest BCUT2D eigenvalue weighted by Crippen LogP contribution is -2.37. The molecule has 1 fully saturated rings.